The van der Waals surface area contributed by atoms with E-state index in [1.807, 2.05) is 29.6 Å². The molecular weight excluding hydrogens is 355 g/mol. The molecule has 1 aromatic heterocycles. The van der Waals surface area contributed by atoms with Gasteiger partial charge in [-0.2, -0.15) is 0 Å². The third-order valence-corrected chi connectivity index (χ3v) is 5.26. The molecule has 0 saturated heterocycles. The first-order chi connectivity index (χ1) is 10.7. The number of aromatic nitrogens is 1. The quantitative estimate of drug-likeness (QED) is 0.527. The fourth-order valence-corrected chi connectivity index (χ4v) is 3.44. The van der Waals surface area contributed by atoms with Crippen LogP contribution in [0.5, 0.6) is 0 Å². The highest BCUT2D eigenvalue weighted by molar-refractivity contribution is 7.98. The van der Waals surface area contributed by atoms with E-state index in [2.05, 4.69) is 28.7 Å². The van der Waals surface area contributed by atoms with Crippen LogP contribution in [0.2, 0.25) is 10.0 Å². The molecule has 6 heteroatoms. The van der Waals surface area contributed by atoms with Gasteiger partial charge in [0.15, 0.2) is 5.13 Å². The predicted molar refractivity (Wildman–Crippen MR) is 99.1 cm³/mol. The highest BCUT2D eigenvalue weighted by Crippen LogP contribution is 2.31. The smallest absolute Gasteiger partial charge is 0.187 e. The molecule has 2 aromatic carbocycles. The average molecular weight is 367 g/mol. The molecule has 0 radical (unpaired) electrons. The topological polar surface area (TPSA) is 24.9 Å². The van der Waals surface area contributed by atoms with Gasteiger partial charge in [0, 0.05) is 21.5 Å². The second-order valence-corrected chi connectivity index (χ2v) is 7.08. The number of nitrogens with one attached hydrogen (secondary N) is 1. The molecule has 0 fully saturated rings. The third kappa shape index (κ3) is 3.58. The normalized spacial score (nSPS) is 10.7. The Morgan fingerprint density at radius 1 is 1.09 bits per heavy atom. The van der Waals surface area contributed by atoms with E-state index in [4.69, 9.17) is 23.2 Å². The van der Waals surface area contributed by atoms with Crippen molar-refractivity contribution in [2.75, 3.05) is 11.6 Å². The van der Waals surface area contributed by atoms with Crippen LogP contribution >= 0.6 is 46.3 Å². The Balaban J connectivity index is 1.82. The number of anilines is 2. The molecule has 0 bridgehead atoms. The van der Waals surface area contributed by atoms with Crippen LogP contribution in [-0.2, 0) is 0 Å². The van der Waals surface area contributed by atoms with Crippen LogP contribution in [0.25, 0.3) is 11.3 Å². The van der Waals surface area contributed by atoms with Gasteiger partial charge in [0.05, 0.1) is 15.7 Å². The molecule has 0 atom stereocenters. The summed E-state index contributed by atoms with van der Waals surface area (Å²) in [6.45, 7) is 0. The monoisotopic (exact) mass is 366 g/mol. The summed E-state index contributed by atoms with van der Waals surface area (Å²) in [7, 11) is 0. The van der Waals surface area contributed by atoms with Crippen LogP contribution in [-0.4, -0.2) is 11.2 Å². The van der Waals surface area contributed by atoms with Gasteiger partial charge in [-0.25, -0.2) is 4.98 Å². The van der Waals surface area contributed by atoms with Gasteiger partial charge in [-0.15, -0.1) is 23.1 Å². The molecule has 0 aliphatic heterocycles. The van der Waals surface area contributed by atoms with Gasteiger partial charge in [0.2, 0.25) is 0 Å². The van der Waals surface area contributed by atoms with Crippen molar-refractivity contribution >= 4 is 57.1 Å². The summed E-state index contributed by atoms with van der Waals surface area (Å²) in [4.78, 5) is 5.82. The number of thiazole rings is 1. The Bertz CT molecular complexity index is 802. The predicted octanol–water partition coefficient (Wildman–Crippen LogP) is 6.58. The second kappa shape index (κ2) is 6.92. The maximum atomic E-state index is 6.06. The summed E-state index contributed by atoms with van der Waals surface area (Å²) in [6.07, 6.45) is 2.06. The Morgan fingerprint density at radius 3 is 2.73 bits per heavy atom. The summed E-state index contributed by atoms with van der Waals surface area (Å²) in [5.41, 5.74) is 2.87. The Morgan fingerprint density at radius 2 is 1.95 bits per heavy atom. The fraction of sp³-hybridized carbons (Fsp3) is 0.0625. The lowest BCUT2D eigenvalue weighted by Crippen LogP contribution is -1.89. The van der Waals surface area contributed by atoms with Crippen molar-refractivity contribution in [3.05, 3.63) is 57.9 Å². The first-order valence-corrected chi connectivity index (χ1v) is 9.34. The number of thioether (sulfide) groups is 1. The van der Waals surface area contributed by atoms with Gasteiger partial charge in [0.25, 0.3) is 0 Å². The van der Waals surface area contributed by atoms with E-state index in [-0.39, 0.29) is 0 Å². The summed E-state index contributed by atoms with van der Waals surface area (Å²) in [6, 6.07) is 13.8. The zero-order valence-electron chi connectivity index (χ0n) is 11.6. The molecular formula is C16H12Cl2N2S2. The number of benzene rings is 2. The largest absolute Gasteiger partial charge is 0.332 e. The lowest BCUT2D eigenvalue weighted by Gasteiger charge is -2.04. The van der Waals surface area contributed by atoms with Crippen LogP contribution < -0.4 is 5.32 Å². The average Bonchev–Trinajstić information content (AvgIpc) is 2.98. The first kappa shape index (κ1) is 15.7. The number of nitrogens with zero attached hydrogens (tertiary/aromatic N) is 1. The number of rotatable bonds is 4. The summed E-state index contributed by atoms with van der Waals surface area (Å²) in [5.74, 6) is 0. The van der Waals surface area contributed by atoms with Gasteiger partial charge in [-0.1, -0.05) is 35.3 Å². The summed E-state index contributed by atoms with van der Waals surface area (Å²) >= 11 is 15.3. The van der Waals surface area contributed by atoms with Crippen molar-refractivity contribution in [3.63, 3.8) is 0 Å². The minimum Gasteiger partial charge on any atom is -0.332 e. The summed E-state index contributed by atoms with van der Waals surface area (Å²) in [5, 5.41) is 7.26. The van der Waals surface area contributed by atoms with Crippen molar-refractivity contribution in [1.82, 2.24) is 4.98 Å². The SMILES string of the molecule is CSc1cccc(Nc2nc(-c3ccc(Cl)c(Cl)c3)cs2)c1. The third-order valence-electron chi connectivity index (χ3n) is 3.04. The molecule has 1 heterocycles. The molecule has 0 aliphatic carbocycles. The van der Waals surface area contributed by atoms with Crippen molar-refractivity contribution in [1.29, 1.82) is 0 Å². The minimum atomic E-state index is 0.536. The highest BCUT2D eigenvalue weighted by atomic mass is 35.5. The van der Waals surface area contributed by atoms with E-state index in [9.17, 15) is 0 Å². The van der Waals surface area contributed by atoms with Crippen molar-refractivity contribution < 1.29 is 0 Å². The molecule has 3 aromatic rings. The van der Waals surface area contributed by atoms with Crippen LogP contribution in [0.1, 0.15) is 0 Å². The van der Waals surface area contributed by atoms with Gasteiger partial charge >= 0.3 is 0 Å². The molecule has 3 rings (SSSR count). The second-order valence-electron chi connectivity index (χ2n) is 4.52. The number of hydrogen-bond acceptors (Lipinski definition) is 4. The van der Waals surface area contributed by atoms with Crippen molar-refractivity contribution in [2.45, 2.75) is 4.90 Å². The van der Waals surface area contributed by atoms with Gasteiger partial charge in [-0.05, 0) is 36.6 Å². The van der Waals surface area contributed by atoms with Gasteiger partial charge in [0.1, 0.15) is 0 Å². The number of hydrogen-bond donors (Lipinski definition) is 1. The van der Waals surface area contributed by atoms with Gasteiger partial charge < -0.3 is 5.32 Å². The van der Waals surface area contributed by atoms with Crippen LogP contribution in [0.3, 0.4) is 0 Å². The molecule has 0 spiro atoms. The van der Waals surface area contributed by atoms with E-state index >= 15 is 0 Å². The van der Waals surface area contributed by atoms with E-state index in [1.165, 1.54) is 4.90 Å². The summed E-state index contributed by atoms with van der Waals surface area (Å²) < 4.78 is 0. The molecule has 2 nitrogen and oxygen atoms in total. The molecule has 22 heavy (non-hydrogen) atoms. The number of halogens is 2. The molecule has 0 aliphatic rings. The maximum Gasteiger partial charge on any atom is 0.187 e. The van der Waals surface area contributed by atoms with E-state index in [0.29, 0.717) is 10.0 Å². The van der Waals surface area contributed by atoms with Crippen LogP contribution in [0.15, 0.2) is 52.7 Å². The Kier molecular flexibility index (Phi) is 4.93. The zero-order chi connectivity index (χ0) is 15.5. The van der Waals surface area contributed by atoms with Crippen LogP contribution in [0.4, 0.5) is 10.8 Å². The molecule has 112 valence electrons. The molecule has 1 N–H and O–H groups in total. The van der Waals surface area contributed by atoms with Gasteiger partial charge in [-0.3, -0.25) is 0 Å². The Hall–Kier alpha value is -1.20. The lowest BCUT2D eigenvalue weighted by atomic mass is 10.2. The van der Waals surface area contributed by atoms with E-state index < -0.39 is 0 Å². The molecule has 0 saturated carbocycles. The lowest BCUT2D eigenvalue weighted by molar-refractivity contribution is 1.37. The molecule has 0 unspecified atom stereocenters. The van der Waals surface area contributed by atoms with Crippen molar-refractivity contribution in [2.24, 2.45) is 0 Å². The first-order valence-electron chi connectivity index (χ1n) is 6.48. The minimum absolute atomic E-state index is 0.536. The maximum absolute atomic E-state index is 6.06. The Labute approximate surface area is 147 Å². The van der Waals surface area contributed by atoms with E-state index in [0.717, 1.165) is 22.1 Å². The van der Waals surface area contributed by atoms with E-state index in [1.54, 1.807) is 29.2 Å². The molecule has 0 amide bonds. The fourth-order valence-electron chi connectivity index (χ4n) is 1.94. The van der Waals surface area contributed by atoms with Crippen LogP contribution in [0, 0.1) is 0 Å². The van der Waals surface area contributed by atoms with Crippen molar-refractivity contribution in [3.8, 4) is 11.3 Å². The highest BCUT2D eigenvalue weighted by Gasteiger charge is 2.07. The standard InChI is InChI=1S/C16H12Cl2N2S2/c1-21-12-4-2-3-11(8-12)19-16-20-15(9-22-16)10-5-6-13(17)14(18)7-10/h2-9H,1H3,(H,19,20). The zero-order valence-corrected chi connectivity index (χ0v) is 14.8.